The van der Waals surface area contributed by atoms with E-state index in [0.717, 1.165) is 0 Å². The van der Waals surface area contributed by atoms with Gasteiger partial charge in [-0.25, -0.2) is 4.67 Å². The summed E-state index contributed by atoms with van der Waals surface area (Å²) in [6.07, 6.45) is 0. The molecular weight excluding hydrogens is 296 g/mol. The van der Waals surface area contributed by atoms with Gasteiger partial charge in [-0.05, 0) is 45.0 Å². The van der Waals surface area contributed by atoms with E-state index in [1.807, 2.05) is 13.8 Å². The molecule has 13 heavy (non-hydrogen) atoms. The van der Waals surface area contributed by atoms with Crippen LogP contribution in [-0.4, -0.2) is 17.8 Å². The smallest absolute Gasteiger partial charge is 0.262 e. The van der Waals surface area contributed by atoms with Crippen LogP contribution in [0.25, 0.3) is 0 Å². The average Bonchev–Trinajstić information content (AvgIpc) is 1.83. The lowest BCUT2D eigenvalue weighted by Gasteiger charge is -2.23. The van der Waals surface area contributed by atoms with Gasteiger partial charge in [-0.15, -0.1) is 0 Å². The number of halogens is 4. The van der Waals surface area contributed by atoms with Crippen LogP contribution in [0.5, 0.6) is 0 Å². The van der Waals surface area contributed by atoms with Crippen LogP contribution in [0.4, 0.5) is 0 Å². The van der Waals surface area contributed by atoms with Gasteiger partial charge in [-0.1, -0.05) is 13.8 Å². The molecule has 0 aliphatic heterocycles. The van der Waals surface area contributed by atoms with Gasteiger partial charge in [0.2, 0.25) is 5.91 Å². The Morgan fingerprint density at radius 2 is 1.54 bits per heavy atom. The van der Waals surface area contributed by atoms with Gasteiger partial charge < -0.3 is 0 Å². The van der Waals surface area contributed by atoms with Crippen LogP contribution in [0.3, 0.4) is 0 Å². The zero-order valence-electron chi connectivity index (χ0n) is 7.12. The van der Waals surface area contributed by atoms with E-state index < -0.39 is 11.9 Å². The standard InChI is InChI=1S/C4H10Cl4N2OP2/c1-3-10(4-2)12(5,6)9-13(7,8)11/h3-4H2,1-2H3. The molecule has 0 aromatic rings. The lowest BCUT2D eigenvalue weighted by Crippen LogP contribution is -2.14. The Hall–Kier alpha value is 1.58. The number of nitrogens with zero attached hydrogens (tertiary/aromatic N) is 2. The van der Waals surface area contributed by atoms with Crippen LogP contribution in [0.2, 0.25) is 0 Å². The van der Waals surface area contributed by atoms with Crippen molar-refractivity contribution in [3.8, 4) is 0 Å². The zero-order valence-corrected chi connectivity index (χ0v) is 11.9. The molecule has 0 radical (unpaired) electrons. The van der Waals surface area contributed by atoms with Crippen LogP contribution >= 0.6 is 56.9 Å². The van der Waals surface area contributed by atoms with Crippen molar-refractivity contribution < 1.29 is 4.57 Å². The normalized spacial score (nSPS) is 13.5. The summed E-state index contributed by atoms with van der Waals surface area (Å²) in [5.41, 5.74) is 0. The zero-order chi connectivity index (χ0) is 10.7. The molecule has 0 aliphatic rings. The molecule has 0 rings (SSSR count). The molecule has 0 atom stereocenters. The van der Waals surface area contributed by atoms with Crippen molar-refractivity contribution >= 4 is 56.9 Å². The van der Waals surface area contributed by atoms with Gasteiger partial charge in [0.05, 0.1) is 0 Å². The van der Waals surface area contributed by atoms with Gasteiger partial charge >= 0.3 is 6.00 Å². The van der Waals surface area contributed by atoms with E-state index in [1.54, 1.807) is 4.67 Å². The molecule has 0 amide bonds. The fraction of sp³-hybridized carbons (Fsp3) is 1.00. The van der Waals surface area contributed by atoms with Crippen molar-refractivity contribution in [1.29, 1.82) is 0 Å². The molecule has 80 valence electrons. The lowest BCUT2D eigenvalue weighted by atomic mass is 10.7. The van der Waals surface area contributed by atoms with Gasteiger partial charge in [0.15, 0.2) is 0 Å². The molecule has 0 aromatic carbocycles. The summed E-state index contributed by atoms with van der Waals surface area (Å²) in [5, 5.41) is 0. The Balaban J connectivity index is 4.93. The van der Waals surface area contributed by atoms with Crippen LogP contribution in [0.15, 0.2) is 4.52 Å². The molecule has 0 spiro atoms. The quantitative estimate of drug-likeness (QED) is 0.657. The molecule has 0 bridgehead atoms. The molecule has 0 saturated heterocycles. The highest BCUT2D eigenvalue weighted by Crippen LogP contribution is 2.73. The highest BCUT2D eigenvalue weighted by molar-refractivity contribution is 8.16. The van der Waals surface area contributed by atoms with E-state index in [4.69, 9.17) is 45.0 Å². The summed E-state index contributed by atoms with van der Waals surface area (Å²) in [7, 11) is 0. The van der Waals surface area contributed by atoms with Crippen LogP contribution in [-0.2, 0) is 4.57 Å². The highest BCUT2D eigenvalue weighted by atomic mass is 35.9. The van der Waals surface area contributed by atoms with Gasteiger partial charge in [-0.3, -0.25) is 4.57 Å². The first-order chi connectivity index (χ1) is 5.73. The molecule has 9 heteroatoms. The second kappa shape index (κ2) is 5.61. The monoisotopic (exact) mass is 304 g/mol. The van der Waals surface area contributed by atoms with Crippen molar-refractivity contribution in [2.24, 2.45) is 4.52 Å². The van der Waals surface area contributed by atoms with Crippen molar-refractivity contribution in [2.75, 3.05) is 13.1 Å². The fourth-order valence-corrected chi connectivity index (χ4v) is 8.89. The van der Waals surface area contributed by atoms with E-state index in [-0.39, 0.29) is 0 Å². The minimum atomic E-state index is -3.55. The molecule has 0 heterocycles. The first-order valence-corrected chi connectivity index (χ1v) is 10.5. The third kappa shape index (κ3) is 5.89. The van der Waals surface area contributed by atoms with E-state index >= 15 is 0 Å². The maximum Gasteiger partial charge on any atom is 0.365 e. The third-order valence-electron chi connectivity index (χ3n) is 1.28. The van der Waals surface area contributed by atoms with E-state index in [9.17, 15) is 4.57 Å². The minimum Gasteiger partial charge on any atom is -0.262 e. The summed E-state index contributed by atoms with van der Waals surface area (Å²) in [6.45, 7) is 4.95. The predicted octanol–water partition coefficient (Wildman–Crippen LogP) is 5.34. The van der Waals surface area contributed by atoms with E-state index in [2.05, 4.69) is 4.52 Å². The first-order valence-electron chi connectivity index (χ1n) is 3.51. The Morgan fingerprint density at radius 1 is 1.15 bits per heavy atom. The first kappa shape index (κ1) is 14.6. The molecule has 0 aromatic heterocycles. The molecular formula is C4H10Cl4N2OP2. The van der Waals surface area contributed by atoms with Gasteiger partial charge in [0.1, 0.15) is 0 Å². The second-order valence-electron chi connectivity index (χ2n) is 2.12. The maximum atomic E-state index is 11.0. The van der Waals surface area contributed by atoms with Crippen LogP contribution in [0.1, 0.15) is 13.8 Å². The summed E-state index contributed by atoms with van der Waals surface area (Å²) < 4.78 is 16.2. The number of hydrogen-bond acceptors (Lipinski definition) is 1. The Kier molecular flexibility index (Phi) is 6.29. The van der Waals surface area contributed by atoms with Gasteiger partial charge in [0.25, 0.3) is 0 Å². The highest BCUT2D eigenvalue weighted by Gasteiger charge is 2.25. The Morgan fingerprint density at radius 3 is 1.77 bits per heavy atom. The Bertz CT molecular complexity index is 255. The predicted molar refractivity (Wildman–Crippen MR) is 63.3 cm³/mol. The van der Waals surface area contributed by atoms with Gasteiger partial charge in [-0.2, -0.15) is 4.52 Å². The average molecular weight is 306 g/mol. The third-order valence-corrected chi connectivity index (χ3v) is 7.94. The summed E-state index contributed by atoms with van der Waals surface area (Å²) >= 11 is 22.3. The van der Waals surface area contributed by atoms with Crippen molar-refractivity contribution in [3.63, 3.8) is 0 Å². The SMILES string of the molecule is CCN(CC)P(Cl)(Cl)=NP(=O)(Cl)Cl. The van der Waals surface area contributed by atoms with Crippen LogP contribution in [0, 0.1) is 0 Å². The number of hydrogen-bond donors (Lipinski definition) is 0. The van der Waals surface area contributed by atoms with E-state index in [1.165, 1.54) is 0 Å². The topological polar surface area (TPSA) is 32.7 Å². The fourth-order valence-electron chi connectivity index (χ4n) is 0.746. The molecule has 0 aliphatic carbocycles. The van der Waals surface area contributed by atoms with Crippen molar-refractivity contribution in [2.45, 2.75) is 13.8 Å². The summed E-state index contributed by atoms with van der Waals surface area (Å²) in [6, 6.07) is 0. The van der Waals surface area contributed by atoms with E-state index in [0.29, 0.717) is 13.1 Å². The molecule has 0 unspecified atom stereocenters. The Labute approximate surface area is 97.4 Å². The molecule has 3 nitrogen and oxygen atoms in total. The summed E-state index contributed by atoms with van der Waals surface area (Å²) in [4.78, 5) is 0. The molecule has 0 fully saturated rings. The van der Waals surface area contributed by atoms with Gasteiger partial charge in [0, 0.05) is 13.1 Å². The lowest BCUT2D eigenvalue weighted by molar-refractivity contribution is 0.514. The maximum absolute atomic E-state index is 11.0. The van der Waals surface area contributed by atoms with Crippen LogP contribution < -0.4 is 0 Å². The second-order valence-corrected chi connectivity index (χ2v) is 11.8. The van der Waals surface area contributed by atoms with Crippen molar-refractivity contribution in [1.82, 2.24) is 4.67 Å². The summed E-state index contributed by atoms with van der Waals surface area (Å²) in [5.74, 6) is -6.35. The molecule has 0 N–H and O–H groups in total. The number of rotatable bonds is 4. The largest absolute Gasteiger partial charge is 0.365 e. The van der Waals surface area contributed by atoms with Crippen molar-refractivity contribution in [3.05, 3.63) is 0 Å². The minimum absolute atomic E-state index is 0.606. The molecule has 0 saturated carbocycles.